The van der Waals surface area contributed by atoms with Crippen LogP contribution in [0.1, 0.15) is 44.3 Å². The van der Waals surface area contributed by atoms with E-state index in [1.54, 1.807) is 20.3 Å². The van der Waals surface area contributed by atoms with E-state index in [1.807, 2.05) is 67.3 Å². The first-order chi connectivity index (χ1) is 17.8. The zero-order valence-corrected chi connectivity index (χ0v) is 22.7. The van der Waals surface area contributed by atoms with Crippen LogP contribution in [0.2, 0.25) is 0 Å². The number of benzene rings is 3. The number of amides is 1. The maximum Gasteiger partial charge on any atom is 0.273 e. The normalized spacial score (nSPS) is 14.7. The van der Waals surface area contributed by atoms with Crippen molar-refractivity contribution in [1.29, 1.82) is 0 Å². The van der Waals surface area contributed by atoms with Gasteiger partial charge in [-0.05, 0) is 72.9 Å². The van der Waals surface area contributed by atoms with Crippen LogP contribution in [0.4, 0.5) is 0 Å². The Morgan fingerprint density at radius 3 is 2.54 bits per heavy atom. The summed E-state index contributed by atoms with van der Waals surface area (Å²) in [5, 5.41) is 18.4. The molecule has 1 atom stereocenters. The molecule has 37 heavy (non-hydrogen) atoms. The van der Waals surface area contributed by atoms with E-state index in [9.17, 15) is 9.90 Å². The van der Waals surface area contributed by atoms with Crippen LogP contribution in [0, 0.1) is 13.8 Å². The van der Waals surface area contributed by atoms with Crippen LogP contribution in [0.5, 0.6) is 17.2 Å². The predicted octanol–water partition coefficient (Wildman–Crippen LogP) is 5.97. The Balaban J connectivity index is 1.57. The molecular weight excluding hydrogens is 534 g/mol. The second-order valence-electron chi connectivity index (χ2n) is 9.23. The number of aromatic hydroxyl groups is 1. The van der Waals surface area contributed by atoms with E-state index in [0.29, 0.717) is 41.4 Å². The summed E-state index contributed by atoms with van der Waals surface area (Å²) < 4.78 is 11.7. The van der Waals surface area contributed by atoms with Crippen LogP contribution < -0.4 is 9.47 Å². The Labute approximate surface area is 224 Å². The first kappa shape index (κ1) is 24.9. The maximum atomic E-state index is 13.7. The summed E-state index contributed by atoms with van der Waals surface area (Å²) in [5.41, 5.74) is 6.30. The zero-order chi connectivity index (χ0) is 26.3. The van der Waals surface area contributed by atoms with Crippen LogP contribution >= 0.6 is 15.9 Å². The number of carbonyl (C=O) groups is 1. The molecule has 1 amide bonds. The molecule has 1 aliphatic heterocycles. The first-order valence-corrected chi connectivity index (χ1v) is 12.8. The minimum absolute atomic E-state index is 0.122. The minimum atomic E-state index is -0.367. The number of methoxy groups -OCH3 is 2. The summed E-state index contributed by atoms with van der Waals surface area (Å²) in [5.74, 6) is 1.34. The average Bonchev–Trinajstić information content (AvgIpc) is 3.40. The molecule has 0 bridgehead atoms. The lowest BCUT2D eigenvalue weighted by Gasteiger charge is -2.27. The number of aromatic nitrogens is 2. The molecule has 8 heteroatoms. The molecule has 1 aliphatic rings. The third-order valence-corrected chi connectivity index (χ3v) is 7.31. The van der Waals surface area contributed by atoms with Crippen molar-refractivity contribution < 1.29 is 19.4 Å². The summed E-state index contributed by atoms with van der Waals surface area (Å²) in [6.45, 7) is 4.37. The van der Waals surface area contributed by atoms with E-state index in [0.717, 1.165) is 32.3 Å². The number of phenols is 1. The number of fused-ring (bicyclic) bond motifs is 1. The zero-order valence-electron chi connectivity index (χ0n) is 21.1. The number of aryl methyl sites for hydroxylation is 2. The molecule has 0 saturated heterocycles. The molecule has 0 spiro atoms. The van der Waals surface area contributed by atoms with Gasteiger partial charge in [-0.2, -0.15) is 5.10 Å². The summed E-state index contributed by atoms with van der Waals surface area (Å²) in [7, 11) is 3.22. The fourth-order valence-electron chi connectivity index (χ4n) is 5.18. The molecule has 190 valence electrons. The highest BCUT2D eigenvalue weighted by atomic mass is 79.9. The smallest absolute Gasteiger partial charge is 0.273 e. The number of phenolic OH excluding ortho intramolecular Hbond substituents is 1. The number of H-pyrrole nitrogens is 1. The Kier molecular flexibility index (Phi) is 6.69. The summed E-state index contributed by atoms with van der Waals surface area (Å²) in [4.78, 5) is 15.6. The van der Waals surface area contributed by atoms with Crippen LogP contribution in [-0.4, -0.2) is 46.9 Å². The van der Waals surface area contributed by atoms with Crippen molar-refractivity contribution in [1.82, 2.24) is 15.1 Å². The lowest BCUT2D eigenvalue weighted by atomic mass is 9.93. The minimum Gasteiger partial charge on any atom is -0.507 e. The number of nitrogens with one attached hydrogen (secondary N) is 1. The number of nitrogens with zero attached hydrogens (tertiary/aromatic N) is 2. The summed E-state index contributed by atoms with van der Waals surface area (Å²) >= 11 is 3.58. The average molecular weight is 562 g/mol. The van der Waals surface area contributed by atoms with Crippen LogP contribution in [0.25, 0.3) is 11.3 Å². The third-order valence-electron chi connectivity index (χ3n) is 6.81. The van der Waals surface area contributed by atoms with E-state index in [-0.39, 0.29) is 17.7 Å². The molecule has 0 saturated carbocycles. The number of halogens is 1. The van der Waals surface area contributed by atoms with E-state index >= 15 is 0 Å². The fraction of sp³-hybridized carbons (Fsp3) is 0.241. The van der Waals surface area contributed by atoms with Crippen molar-refractivity contribution in [3.8, 4) is 28.5 Å². The SMILES string of the molecule is COc1ccc(CCN2C(=O)c3[nH]nc(-c4c(C)cc(C)cc4O)c3C2c2cccc(Br)c2)cc1OC. The van der Waals surface area contributed by atoms with Gasteiger partial charge in [0.05, 0.1) is 20.3 Å². The monoisotopic (exact) mass is 561 g/mol. The van der Waals surface area contributed by atoms with Crippen molar-refractivity contribution >= 4 is 21.8 Å². The van der Waals surface area contributed by atoms with Gasteiger partial charge < -0.3 is 19.5 Å². The molecule has 0 aliphatic carbocycles. The Bertz CT molecular complexity index is 1470. The molecule has 2 N–H and O–H groups in total. The number of hydrogen-bond donors (Lipinski definition) is 2. The van der Waals surface area contributed by atoms with Gasteiger partial charge in [0, 0.05) is 22.1 Å². The van der Waals surface area contributed by atoms with Gasteiger partial charge in [-0.3, -0.25) is 9.89 Å². The van der Waals surface area contributed by atoms with Crippen LogP contribution in [0.15, 0.2) is 59.1 Å². The second kappa shape index (κ2) is 9.94. The van der Waals surface area contributed by atoms with E-state index in [1.165, 1.54) is 0 Å². The third kappa shape index (κ3) is 4.46. The Hall–Kier alpha value is -3.78. The maximum absolute atomic E-state index is 13.7. The quantitative estimate of drug-likeness (QED) is 0.290. The molecule has 1 unspecified atom stereocenters. The van der Waals surface area contributed by atoms with Gasteiger partial charge in [0.2, 0.25) is 0 Å². The van der Waals surface area contributed by atoms with Crippen molar-refractivity contribution in [3.63, 3.8) is 0 Å². The molecule has 3 aromatic carbocycles. The molecule has 4 aromatic rings. The fourth-order valence-corrected chi connectivity index (χ4v) is 5.60. The van der Waals surface area contributed by atoms with Crippen LogP contribution in [-0.2, 0) is 6.42 Å². The number of ether oxygens (including phenoxy) is 2. The number of rotatable bonds is 7. The Morgan fingerprint density at radius 1 is 1.05 bits per heavy atom. The van der Waals surface area contributed by atoms with Gasteiger partial charge >= 0.3 is 0 Å². The highest BCUT2D eigenvalue weighted by molar-refractivity contribution is 9.10. The van der Waals surface area contributed by atoms with E-state index in [4.69, 9.17) is 9.47 Å². The van der Waals surface area contributed by atoms with Gasteiger partial charge in [0.15, 0.2) is 11.5 Å². The van der Waals surface area contributed by atoms with Crippen LogP contribution in [0.3, 0.4) is 0 Å². The summed E-state index contributed by atoms with van der Waals surface area (Å²) in [6, 6.07) is 17.1. The summed E-state index contributed by atoms with van der Waals surface area (Å²) in [6.07, 6.45) is 0.623. The van der Waals surface area contributed by atoms with Gasteiger partial charge in [0.25, 0.3) is 5.91 Å². The number of hydrogen-bond acceptors (Lipinski definition) is 5. The molecule has 0 fully saturated rings. The van der Waals surface area contributed by atoms with Crippen molar-refractivity contribution in [2.24, 2.45) is 0 Å². The second-order valence-corrected chi connectivity index (χ2v) is 10.1. The first-order valence-electron chi connectivity index (χ1n) is 12.0. The van der Waals surface area contributed by atoms with Gasteiger partial charge in [-0.15, -0.1) is 0 Å². The van der Waals surface area contributed by atoms with Crippen molar-refractivity contribution in [2.45, 2.75) is 26.3 Å². The molecule has 1 aromatic heterocycles. The van der Waals surface area contributed by atoms with Crippen molar-refractivity contribution in [3.05, 3.63) is 92.6 Å². The highest BCUT2D eigenvalue weighted by Gasteiger charge is 2.42. The molecular formula is C29H28BrN3O4. The lowest BCUT2D eigenvalue weighted by Crippen LogP contribution is -2.31. The van der Waals surface area contributed by atoms with E-state index < -0.39 is 0 Å². The van der Waals surface area contributed by atoms with Gasteiger partial charge in [-0.1, -0.05) is 40.2 Å². The standard InChI is InChI=1S/C29H28BrN3O4/c1-16-12-17(2)24(21(34)13-16)26-25-27(32-31-26)29(35)33(28(25)19-6-5-7-20(30)15-19)11-10-18-8-9-22(36-3)23(14-18)37-4/h5-9,12-15,28,34H,10-11H2,1-4H3,(H,31,32). The molecule has 5 rings (SSSR count). The van der Waals surface area contributed by atoms with E-state index in [2.05, 4.69) is 26.1 Å². The Morgan fingerprint density at radius 2 is 1.84 bits per heavy atom. The van der Waals surface area contributed by atoms with Gasteiger partial charge in [-0.25, -0.2) is 0 Å². The topological polar surface area (TPSA) is 87.7 Å². The largest absolute Gasteiger partial charge is 0.507 e. The molecule has 2 heterocycles. The molecule has 0 radical (unpaired) electrons. The number of aromatic amines is 1. The molecule has 7 nitrogen and oxygen atoms in total. The predicted molar refractivity (Wildman–Crippen MR) is 145 cm³/mol. The number of carbonyl (C=O) groups excluding carboxylic acids is 1. The highest BCUT2D eigenvalue weighted by Crippen LogP contribution is 2.46. The van der Waals surface area contributed by atoms with Crippen molar-refractivity contribution in [2.75, 3.05) is 20.8 Å². The lowest BCUT2D eigenvalue weighted by molar-refractivity contribution is 0.0746. The van der Waals surface area contributed by atoms with Gasteiger partial charge in [0.1, 0.15) is 17.1 Å².